The summed E-state index contributed by atoms with van der Waals surface area (Å²) in [5.41, 5.74) is 0.618. The predicted octanol–water partition coefficient (Wildman–Crippen LogP) is 2.78. The van der Waals surface area contributed by atoms with Crippen molar-refractivity contribution in [3.63, 3.8) is 0 Å². The van der Waals surface area contributed by atoms with E-state index in [0.717, 1.165) is 6.54 Å². The van der Waals surface area contributed by atoms with Crippen LogP contribution in [0.5, 0.6) is 0 Å². The highest BCUT2D eigenvalue weighted by Crippen LogP contribution is 2.40. The zero-order chi connectivity index (χ0) is 10.3. The first kappa shape index (κ1) is 13.9. The number of hydrogen-bond acceptors (Lipinski definition) is 2. The van der Waals surface area contributed by atoms with Gasteiger partial charge in [-0.15, -0.1) is 0 Å². The fourth-order valence-corrected chi connectivity index (χ4v) is 2.44. The summed E-state index contributed by atoms with van der Waals surface area (Å²) in [4.78, 5) is 2.40. The van der Waals surface area contributed by atoms with Crippen LogP contribution in [0.2, 0.25) is 0 Å². The third-order valence-electron chi connectivity index (χ3n) is 3.18. The van der Waals surface area contributed by atoms with Crippen molar-refractivity contribution in [3.8, 4) is 0 Å². The molecule has 1 aliphatic rings. The van der Waals surface area contributed by atoms with Crippen molar-refractivity contribution in [2.45, 2.75) is 53.2 Å². The maximum absolute atomic E-state index is 5.48. The summed E-state index contributed by atoms with van der Waals surface area (Å²) >= 11 is 0. The number of likely N-dealkylation sites (tertiary alicyclic amines) is 1. The van der Waals surface area contributed by atoms with E-state index in [4.69, 9.17) is 4.74 Å². The fraction of sp³-hybridized carbons (Fsp3) is 1.00. The van der Waals surface area contributed by atoms with E-state index in [-0.39, 0.29) is 13.0 Å². The average molecular weight is 201 g/mol. The van der Waals surface area contributed by atoms with Gasteiger partial charge in [0.1, 0.15) is 0 Å². The Balaban J connectivity index is 0.00000169. The number of hydrogen-bond donors (Lipinski definition) is 0. The molecule has 1 heterocycles. The summed E-state index contributed by atoms with van der Waals surface area (Å²) in [6.45, 7) is 10.2. The highest BCUT2D eigenvalue weighted by molar-refractivity contribution is 5.04. The fourth-order valence-electron chi connectivity index (χ4n) is 2.44. The van der Waals surface area contributed by atoms with E-state index in [1.54, 1.807) is 0 Å². The average Bonchev–Trinajstić information content (AvgIpc) is 1.96. The van der Waals surface area contributed by atoms with Gasteiger partial charge in [0, 0.05) is 19.2 Å². The minimum Gasteiger partial charge on any atom is -0.378 e. The molecule has 2 heteroatoms. The van der Waals surface area contributed by atoms with Gasteiger partial charge in [0.25, 0.3) is 0 Å². The number of likely N-dealkylation sites (N-methyl/N-ethyl adjacent to an activating group) is 1. The van der Waals surface area contributed by atoms with Crippen molar-refractivity contribution in [2.75, 3.05) is 20.7 Å². The smallest absolute Gasteiger partial charge is 0.0878 e. The summed E-state index contributed by atoms with van der Waals surface area (Å²) in [7, 11) is 4.00. The Morgan fingerprint density at radius 1 is 1.43 bits per heavy atom. The monoisotopic (exact) mass is 201 g/mol. The molecule has 1 saturated heterocycles. The van der Waals surface area contributed by atoms with Crippen LogP contribution in [0.25, 0.3) is 0 Å². The molecule has 0 aromatic heterocycles. The van der Waals surface area contributed by atoms with Crippen LogP contribution in [0.4, 0.5) is 0 Å². The van der Waals surface area contributed by atoms with Crippen LogP contribution in [-0.4, -0.2) is 37.2 Å². The molecule has 0 amide bonds. The van der Waals surface area contributed by atoms with Gasteiger partial charge in [-0.1, -0.05) is 28.2 Å². The van der Waals surface area contributed by atoms with Gasteiger partial charge < -0.3 is 4.74 Å². The second-order valence-electron chi connectivity index (χ2n) is 5.70. The second-order valence-corrected chi connectivity index (χ2v) is 5.70. The van der Waals surface area contributed by atoms with Crippen molar-refractivity contribution in [3.05, 3.63) is 0 Å². The highest BCUT2D eigenvalue weighted by Gasteiger charge is 2.49. The van der Waals surface area contributed by atoms with Gasteiger partial charge in [-0.3, -0.25) is 4.90 Å². The number of methoxy groups -OCH3 is 1. The Bertz CT molecular complexity index is 185. The normalized spacial score (nSPS) is 33.4. The molecule has 0 bridgehead atoms. The van der Waals surface area contributed by atoms with E-state index in [9.17, 15) is 0 Å². The van der Waals surface area contributed by atoms with Gasteiger partial charge in [0.05, 0.1) is 6.10 Å². The maximum atomic E-state index is 5.48. The van der Waals surface area contributed by atoms with Crippen LogP contribution in [0.15, 0.2) is 0 Å². The number of nitrogens with zero attached hydrogens (tertiary/aromatic N) is 1. The highest BCUT2D eigenvalue weighted by atomic mass is 16.5. The van der Waals surface area contributed by atoms with E-state index < -0.39 is 0 Å². The lowest BCUT2D eigenvalue weighted by Crippen LogP contribution is -2.69. The molecule has 14 heavy (non-hydrogen) atoms. The Labute approximate surface area is 89.6 Å². The summed E-state index contributed by atoms with van der Waals surface area (Å²) in [6, 6.07) is 0. The summed E-state index contributed by atoms with van der Waals surface area (Å²) < 4.78 is 5.48. The van der Waals surface area contributed by atoms with Crippen molar-refractivity contribution in [2.24, 2.45) is 5.41 Å². The first-order chi connectivity index (χ1) is 5.79. The Hall–Kier alpha value is -0.0800. The molecule has 0 radical (unpaired) electrons. The largest absolute Gasteiger partial charge is 0.378 e. The maximum Gasteiger partial charge on any atom is 0.0878 e. The second kappa shape index (κ2) is 4.19. The van der Waals surface area contributed by atoms with Gasteiger partial charge >= 0.3 is 0 Å². The predicted molar refractivity (Wildman–Crippen MR) is 62.6 cm³/mol. The molecular formula is C12H27NO. The molecule has 2 atom stereocenters. The van der Waals surface area contributed by atoms with Crippen LogP contribution < -0.4 is 0 Å². The molecule has 1 aliphatic heterocycles. The van der Waals surface area contributed by atoms with E-state index in [0.29, 0.717) is 11.5 Å². The first-order valence-corrected chi connectivity index (χ1v) is 5.04. The zero-order valence-corrected chi connectivity index (χ0v) is 9.85. The zero-order valence-electron chi connectivity index (χ0n) is 9.85. The topological polar surface area (TPSA) is 12.5 Å². The molecule has 1 fully saturated rings. The summed E-state index contributed by atoms with van der Waals surface area (Å²) in [5.74, 6) is 0. The third kappa shape index (κ3) is 2.48. The van der Waals surface area contributed by atoms with E-state index in [2.05, 4.69) is 39.6 Å². The third-order valence-corrected chi connectivity index (χ3v) is 3.18. The number of rotatable bonds is 2. The standard InChI is InChI=1S/C11H23NO.CH4/c1-10(2,3)8-11(4)9(13-6)7-12(11)5;/h9H,7-8H2,1-6H3;1H4. The molecule has 0 aromatic rings. The van der Waals surface area contributed by atoms with Crippen LogP contribution in [0.3, 0.4) is 0 Å². The molecule has 1 rings (SSSR count). The minimum absolute atomic E-state index is 0. The number of ether oxygens (including phenoxy) is 1. The van der Waals surface area contributed by atoms with Crippen LogP contribution >= 0.6 is 0 Å². The van der Waals surface area contributed by atoms with Crippen LogP contribution in [0.1, 0.15) is 41.5 Å². The SMILES string of the molecule is C.COC1CN(C)C1(C)CC(C)(C)C. The lowest BCUT2D eigenvalue weighted by Gasteiger charge is -2.56. The van der Waals surface area contributed by atoms with Gasteiger partial charge in [-0.25, -0.2) is 0 Å². The molecule has 0 spiro atoms. The molecule has 2 unspecified atom stereocenters. The lowest BCUT2D eigenvalue weighted by atomic mass is 9.72. The van der Waals surface area contributed by atoms with E-state index >= 15 is 0 Å². The van der Waals surface area contributed by atoms with Crippen LogP contribution in [-0.2, 0) is 4.74 Å². The first-order valence-electron chi connectivity index (χ1n) is 5.04. The van der Waals surface area contributed by atoms with E-state index in [1.165, 1.54) is 6.42 Å². The molecule has 86 valence electrons. The minimum atomic E-state index is 0. The van der Waals surface area contributed by atoms with Gasteiger partial charge in [0.15, 0.2) is 0 Å². The summed E-state index contributed by atoms with van der Waals surface area (Å²) in [5, 5.41) is 0. The van der Waals surface area contributed by atoms with Crippen molar-refractivity contribution >= 4 is 0 Å². The Morgan fingerprint density at radius 2 is 1.93 bits per heavy atom. The van der Waals surface area contributed by atoms with Crippen molar-refractivity contribution in [1.82, 2.24) is 4.90 Å². The van der Waals surface area contributed by atoms with Gasteiger partial charge in [0.2, 0.25) is 0 Å². The molecular weight excluding hydrogens is 174 g/mol. The van der Waals surface area contributed by atoms with Gasteiger partial charge in [-0.05, 0) is 25.8 Å². The Kier molecular flexibility index (Phi) is 4.17. The summed E-state index contributed by atoms with van der Waals surface area (Å²) in [6.07, 6.45) is 1.60. The molecule has 0 N–H and O–H groups in total. The quantitative estimate of drug-likeness (QED) is 0.681. The molecule has 0 saturated carbocycles. The van der Waals surface area contributed by atoms with Gasteiger partial charge in [-0.2, -0.15) is 0 Å². The molecule has 0 aromatic carbocycles. The van der Waals surface area contributed by atoms with Crippen molar-refractivity contribution in [1.29, 1.82) is 0 Å². The molecule has 0 aliphatic carbocycles. The Morgan fingerprint density at radius 3 is 2.21 bits per heavy atom. The van der Waals surface area contributed by atoms with E-state index in [1.807, 2.05) is 7.11 Å². The van der Waals surface area contributed by atoms with Crippen LogP contribution in [0, 0.1) is 5.41 Å². The van der Waals surface area contributed by atoms with Crippen molar-refractivity contribution < 1.29 is 4.74 Å². The lowest BCUT2D eigenvalue weighted by molar-refractivity contribution is -0.146. The molecule has 2 nitrogen and oxygen atoms in total.